The number of allylic oxidation sites excluding steroid dienone is 1. The minimum atomic E-state index is -0.872. The Hall–Kier alpha value is -1.69. The van der Waals surface area contributed by atoms with E-state index in [-0.39, 0.29) is 31.1 Å². The van der Waals surface area contributed by atoms with Gasteiger partial charge in [0.2, 0.25) is 5.91 Å². The van der Waals surface area contributed by atoms with Gasteiger partial charge >= 0.3 is 5.97 Å². The molecule has 0 aromatic heterocycles. The Morgan fingerprint density at radius 3 is 2.39 bits per heavy atom. The molecular weight excluding hydrogens is 236 g/mol. The van der Waals surface area contributed by atoms with E-state index in [2.05, 4.69) is 11.9 Å². The molecule has 0 aliphatic carbocycles. The number of hydrogen-bond donors (Lipinski definition) is 2. The predicted octanol–water partition coefficient (Wildman–Crippen LogP) is -0.201. The number of carboxylic acid groups (broad SMARTS) is 1. The first-order valence-corrected chi connectivity index (χ1v) is 5.72. The van der Waals surface area contributed by atoms with Crippen LogP contribution in [0.15, 0.2) is 12.7 Å². The maximum Gasteiger partial charge on any atom is 0.359 e. The Kier molecular flexibility index (Phi) is 6.89. The van der Waals surface area contributed by atoms with Gasteiger partial charge in [0.15, 0.2) is 12.3 Å². The lowest BCUT2D eigenvalue weighted by Crippen LogP contribution is -2.48. The Bertz CT molecular complexity index is 337. The van der Waals surface area contributed by atoms with Gasteiger partial charge < -0.3 is 14.9 Å². The normalized spacial score (nSPS) is 10.8. The van der Waals surface area contributed by atoms with Gasteiger partial charge in [-0.05, 0) is 6.08 Å². The number of carbonyl (C=O) groups is 3. The third-order valence-corrected chi connectivity index (χ3v) is 2.43. The number of quaternary nitrogens is 1. The summed E-state index contributed by atoms with van der Waals surface area (Å²) in [5, 5.41) is 11.3. The summed E-state index contributed by atoms with van der Waals surface area (Å²) >= 11 is 0. The van der Waals surface area contributed by atoms with Crippen molar-refractivity contribution in [2.24, 2.45) is 0 Å². The van der Waals surface area contributed by atoms with Crippen molar-refractivity contribution in [1.29, 1.82) is 0 Å². The van der Waals surface area contributed by atoms with E-state index in [1.807, 2.05) is 0 Å². The Morgan fingerprint density at radius 1 is 1.28 bits per heavy atom. The number of carboxylic acids is 1. The predicted molar refractivity (Wildman–Crippen MR) is 66.9 cm³/mol. The summed E-state index contributed by atoms with van der Waals surface area (Å²) in [4.78, 5) is 32.8. The zero-order valence-corrected chi connectivity index (χ0v) is 10.9. The highest BCUT2D eigenvalue weighted by Crippen LogP contribution is 1.96. The van der Waals surface area contributed by atoms with E-state index >= 15 is 0 Å². The molecule has 18 heavy (non-hydrogen) atoms. The van der Waals surface area contributed by atoms with Crippen molar-refractivity contribution in [1.82, 2.24) is 5.32 Å². The number of carbonyl (C=O) groups excluding carboxylic acids is 2. The Morgan fingerprint density at radius 2 is 1.89 bits per heavy atom. The quantitative estimate of drug-likeness (QED) is 0.442. The van der Waals surface area contributed by atoms with Crippen LogP contribution in [0.4, 0.5) is 0 Å². The van der Waals surface area contributed by atoms with Gasteiger partial charge in [0, 0.05) is 12.8 Å². The van der Waals surface area contributed by atoms with Crippen LogP contribution in [0.1, 0.15) is 12.8 Å². The maximum absolute atomic E-state index is 11.4. The number of likely N-dealkylation sites (N-methyl/N-ethyl adjacent to an activating group) is 1. The summed E-state index contributed by atoms with van der Waals surface area (Å²) in [5.41, 5.74) is 0. The molecule has 0 aliphatic heterocycles. The number of nitrogens with one attached hydrogen (secondary N) is 1. The zero-order valence-electron chi connectivity index (χ0n) is 10.9. The van der Waals surface area contributed by atoms with Gasteiger partial charge in [0.1, 0.15) is 0 Å². The molecule has 0 radical (unpaired) electrons. The molecule has 0 spiro atoms. The van der Waals surface area contributed by atoms with Crippen LogP contribution in [0.25, 0.3) is 0 Å². The van der Waals surface area contributed by atoms with Crippen LogP contribution in [0.2, 0.25) is 0 Å². The number of hydrogen-bond acceptors (Lipinski definition) is 3. The van der Waals surface area contributed by atoms with E-state index in [0.717, 1.165) is 0 Å². The van der Waals surface area contributed by atoms with Crippen LogP contribution < -0.4 is 5.32 Å². The molecule has 0 aliphatic rings. The second kappa shape index (κ2) is 7.60. The van der Waals surface area contributed by atoms with Gasteiger partial charge in [-0.2, -0.15) is 0 Å². The highest BCUT2D eigenvalue weighted by atomic mass is 16.4. The summed E-state index contributed by atoms with van der Waals surface area (Å²) in [6.45, 7) is 4.24. The summed E-state index contributed by atoms with van der Waals surface area (Å²) in [5.74, 6) is -1.24. The monoisotopic (exact) mass is 257 g/mol. The fourth-order valence-corrected chi connectivity index (χ4v) is 1.37. The average molecular weight is 257 g/mol. The van der Waals surface area contributed by atoms with Crippen molar-refractivity contribution in [3.63, 3.8) is 0 Å². The standard InChI is InChI=1S/C12H20N2O4/c1-4-10(15)5-6-11(16)13-7-8-14(2,3)9-12(17)18/h4H,1,5-9H2,2-3H3,(H-,13,16,17,18)/p+1. The van der Waals surface area contributed by atoms with Crippen molar-refractivity contribution in [3.8, 4) is 0 Å². The molecule has 0 aromatic rings. The van der Waals surface area contributed by atoms with Crippen LogP contribution >= 0.6 is 0 Å². The summed E-state index contributed by atoms with van der Waals surface area (Å²) in [6, 6.07) is 0. The minimum absolute atomic E-state index is 0.00478. The number of nitrogens with zero attached hydrogens (tertiary/aromatic N) is 1. The van der Waals surface area contributed by atoms with Gasteiger partial charge in [0.05, 0.1) is 27.2 Å². The number of rotatable bonds is 9. The van der Waals surface area contributed by atoms with E-state index in [9.17, 15) is 14.4 Å². The molecule has 1 amide bonds. The first-order chi connectivity index (χ1) is 8.26. The molecule has 0 fully saturated rings. The van der Waals surface area contributed by atoms with Crippen molar-refractivity contribution >= 4 is 17.7 Å². The molecule has 0 unspecified atom stereocenters. The maximum atomic E-state index is 11.4. The van der Waals surface area contributed by atoms with Crippen LogP contribution in [0.5, 0.6) is 0 Å². The van der Waals surface area contributed by atoms with Crippen molar-refractivity contribution in [2.45, 2.75) is 12.8 Å². The van der Waals surface area contributed by atoms with Crippen molar-refractivity contribution in [3.05, 3.63) is 12.7 Å². The summed E-state index contributed by atoms with van der Waals surface area (Å²) in [7, 11) is 3.56. The zero-order chi connectivity index (χ0) is 14.2. The van der Waals surface area contributed by atoms with E-state index in [0.29, 0.717) is 17.6 Å². The molecular formula is C12H21N2O4+. The highest BCUT2D eigenvalue weighted by molar-refractivity contribution is 5.92. The highest BCUT2D eigenvalue weighted by Gasteiger charge is 2.19. The first-order valence-electron chi connectivity index (χ1n) is 5.72. The molecule has 6 heteroatoms. The van der Waals surface area contributed by atoms with Crippen molar-refractivity contribution in [2.75, 3.05) is 33.7 Å². The average Bonchev–Trinajstić information content (AvgIpc) is 2.23. The lowest BCUT2D eigenvalue weighted by atomic mass is 10.2. The lowest BCUT2D eigenvalue weighted by Gasteiger charge is -2.27. The SMILES string of the molecule is C=CC(=O)CCC(=O)NCC[N+](C)(C)CC(=O)O. The molecule has 6 nitrogen and oxygen atoms in total. The minimum Gasteiger partial charge on any atom is -0.477 e. The molecule has 0 saturated carbocycles. The first kappa shape index (κ1) is 16.3. The number of ketones is 1. The van der Waals surface area contributed by atoms with Crippen molar-refractivity contribution < 1.29 is 24.0 Å². The topological polar surface area (TPSA) is 83.5 Å². The van der Waals surface area contributed by atoms with Gasteiger partial charge in [-0.25, -0.2) is 4.79 Å². The fourth-order valence-electron chi connectivity index (χ4n) is 1.37. The third kappa shape index (κ3) is 8.46. The summed E-state index contributed by atoms with van der Waals surface area (Å²) < 4.78 is 0.293. The molecule has 0 rings (SSSR count). The van der Waals surface area contributed by atoms with Gasteiger partial charge in [0.25, 0.3) is 0 Å². The molecule has 102 valence electrons. The number of aliphatic carboxylic acids is 1. The second-order valence-electron chi connectivity index (χ2n) is 4.73. The van der Waals surface area contributed by atoms with Crippen LogP contribution in [0.3, 0.4) is 0 Å². The molecule has 0 heterocycles. The fraction of sp³-hybridized carbons (Fsp3) is 0.583. The van der Waals surface area contributed by atoms with Crippen LogP contribution in [0, 0.1) is 0 Å². The van der Waals surface area contributed by atoms with E-state index in [1.165, 1.54) is 6.08 Å². The van der Waals surface area contributed by atoms with E-state index < -0.39 is 5.97 Å². The largest absolute Gasteiger partial charge is 0.477 e. The smallest absolute Gasteiger partial charge is 0.359 e. The lowest BCUT2D eigenvalue weighted by molar-refractivity contribution is -0.881. The van der Waals surface area contributed by atoms with E-state index in [1.54, 1.807) is 14.1 Å². The van der Waals surface area contributed by atoms with Gasteiger partial charge in [-0.15, -0.1) is 0 Å². The van der Waals surface area contributed by atoms with Crippen LogP contribution in [-0.2, 0) is 14.4 Å². The van der Waals surface area contributed by atoms with Crippen LogP contribution in [-0.4, -0.2) is 61.0 Å². The number of amides is 1. The Labute approximate surface area is 107 Å². The summed E-state index contributed by atoms with van der Waals surface area (Å²) in [6.07, 6.45) is 1.49. The molecule has 0 atom stereocenters. The molecule has 0 bridgehead atoms. The van der Waals surface area contributed by atoms with Gasteiger partial charge in [-0.1, -0.05) is 6.58 Å². The Balaban J connectivity index is 3.83. The third-order valence-electron chi connectivity index (χ3n) is 2.43. The second-order valence-corrected chi connectivity index (χ2v) is 4.73. The van der Waals surface area contributed by atoms with Gasteiger partial charge in [-0.3, -0.25) is 9.59 Å². The molecule has 0 aromatic carbocycles. The molecule has 2 N–H and O–H groups in total. The van der Waals surface area contributed by atoms with E-state index in [4.69, 9.17) is 5.11 Å². The molecule has 0 saturated heterocycles.